The summed E-state index contributed by atoms with van der Waals surface area (Å²) in [7, 11) is 0. The van der Waals surface area contributed by atoms with Crippen LogP contribution in [0.15, 0.2) is 29.4 Å². The minimum absolute atomic E-state index is 0.0193. The number of ether oxygens (including phenoxy) is 1. The van der Waals surface area contributed by atoms with Crippen molar-refractivity contribution in [3.8, 4) is 5.75 Å². The first-order valence-corrected chi connectivity index (χ1v) is 15.4. The smallest absolute Gasteiger partial charge is 0.306 e. The number of oxime groups is 1. The van der Waals surface area contributed by atoms with Crippen molar-refractivity contribution in [2.45, 2.75) is 117 Å². The summed E-state index contributed by atoms with van der Waals surface area (Å²) in [4.78, 5) is 28.8. The summed E-state index contributed by atoms with van der Waals surface area (Å²) in [5, 5.41) is 15.4. The lowest BCUT2D eigenvalue weighted by Gasteiger charge is -2.60. The highest BCUT2D eigenvalue weighted by molar-refractivity contribution is 5.85. The lowest BCUT2D eigenvalue weighted by atomic mass is 9.45. The largest absolute Gasteiger partial charge is 0.462 e. The average Bonchev–Trinajstić information content (AvgIpc) is 3.26. The topological polar surface area (TPSA) is 91.0 Å². The standard InChI is InChI=1S/C32H46N2O5/c1-4-5-6-7-8-30(35)38-29-16-15-27-26-14-9-22-21-23(33-39-25-12-10-24(11-13-25)34(36)37)17-19-31(22,2)28(26)18-20-32(27,29)3/h10-13,22,26-29H,4-9,14-21H2,1-3H3/b33-23+/t22-,26-,27-,28-,29-,31-,32-/m0/s1. The van der Waals surface area contributed by atoms with E-state index < -0.39 is 4.92 Å². The molecular weight excluding hydrogens is 492 g/mol. The van der Waals surface area contributed by atoms with E-state index in [-0.39, 0.29) is 23.2 Å². The molecule has 0 heterocycles. The van der Waals surface area contributed by atoms with Gasteiger partial charge in [0.05, 0.1) is 10.6 Å². The first kappa shape index (κ1) is 28.1. The van der Waals surface area contributed by atoms with Crippen LogP contribution in [0.25, 0.3) is 0 Å². The van der Waals surface area contributed by atoms with E-state index >= 15 is 0 Å². The van der Waals surface area contributed by atoms with E-state index in [1.807, 2.05) is 0 Å². The second-order valence-corrected chi connectivity index (χ2v) is 13.3. The highest BCUT2D eigenvalue weighted by Gasteiger charge is 2.61. The van der Waals surface area contributed by atoms with Crippen molar-refractivity contribution in [3.63, 3.8) is 0 Å². The van der Waals surface area contributed by atoms with Gasteiger partial charge in [0, 0.05) is 24.0 Å². The molecule has 0 radical (unpaired) electrons. The normalized spacial score (nSPS) is 36.5. The van der Waals surface area contributed by atoms with E-state index in [1.54, 1.807) is 12.1 Å². The summed E-state index contributed by atoms with van der Waals surface area (Å²) in [6.07, 6.45) is 15.3. The predicted octanol–water partition coefficient (Wildman–Crippen LogP) is 8.25. The summed E-state index contributed by atoms with van der Waals surface area (Å²) in [5.74, 6) is 3.30. The first-order valence-electron chi connectivity index (χ1n) is 15.4. The number of fused-ring (bicyclic) bond motifs is 5. The van der Waals surface area contributed by atoms with Crippen LogP contribution in [0.3, 0.4) is 0 Å². The van der Waals surface area contributed by atoms with E-state index in [0.29, 0.717) is 29.4 Å². The van der Waals surface area contributed by atoms with E-state index in [1.165, 1.54) is 57.1 Å². The van der Waals surface area contributed by atoms with Crippen molar-refractivity contribution < 1.29 is 19.3 Å². The van der Waals surface area contributed by atoms with Crippen LogP contribution in [0.4, 0.5) is 5.69 Å². The number of nitro groups is 1. The predicted molar refractivity (Wildman–Crippen MR) is 152 cm³/mol. The van der Waals surface area contributed by atoms with Crippen LogP contribution >= 0.6 is 0 Å². The molecule has 7 atom stereocenters. The highest BCUT2D eigenvalue weighted by atomic mass is 16.6. The van der Waals surface area contributed by atoms with E-state index in [4.69, 9.17) is 9.57 Å². The number of carbonyl (C=O) groups excluding carboxylic acids is 1. The molecule has 0 saturated heterocycles. The Morgan fingerprint density at radius 2 is 1.77 bits per heavy atom. The summed E-state index contributed by atoms with van der Waals surface area (Å²) in [6, 6.07) is 6.12. The Bertz CT molecular complexity index is 1070. The van der Waals surface area contributed by atoms with Gasteiger partial charge in [0.25, 0.3) is 5.69 Å². The Labute approximate surface area is 233 Å². The molecule has 7 nitrogen and oxygen atoms in total. The second-order valence-electron chi connectivity index (χ2n) is 13.3. The fourth-order valence-corrected chi connectivity index (χ4v) is 8.95. The van der Waals surface area contributed by atoms with Crippen molar-refractivity contribution in [1.82, 2.24) is 0 Å². The molecule has 7 heteroatoms. The molecule has 39 heavy (non-hydrogen) atoms. The molecule has 0 unspecified atom stereocenters. The lowest BCUT2D eigenvalue weighted by molar-refractivity contribution is -0.384. The number of nitrogens with zero attached hydrogens (tertiary/aromatic N) is 2. The summed E-state index contributed by atoms with van der Waals surface area (Å²) >= 11 is 0. The maximum atomic E-state index is 12.6. The molecular formula is C32H46N2O5. The maximum Gasteiger partial charge on any atom is 0.306 e. The third kappa shape index (κ3) is 5.60. The third-order valence-corrected chi connectivity index (χ3v) is 11.2. The molecule has 0 amide bonds. The van der Waals surface area contributed by atoms with Crippen molar-refractivity contribution in [2.75, 3.05) is 0 Å². The molecule has 4 aliphatic carbocycles. The van der Waals surface area contributed by atoms with Crippen LogP contribution in [-0.2, 0) is 9.53 Å². The van der Waals surface area contributed by atoms with Crippen LogP contribution < -0.4 is 4.84 Å². The van der Waals surface area contributed by atoms with Gasteiger partial charge in [-0.2, -0.15) is 0 Å². The number of hydrogen-bond acceptors (Lipinski definition) is 6. The number of esters is 1. The number of non-ortho nitro benzene ring substituents is 1. The van der Waals surface area contributed by atoms with Gasteiger partial charge in [-0.3, -0.25) is 14.9 Å². The molecule has 4 aliphatic rings. The zero-order valence-corrected chi connectivity index (χ0v) is 24.0. The van der Waals surface area contributed by atoms with E-state index in [0.717, 1.165) is 56.1 Å². The molecule has 1 aromatic rings. The zero-order valence-electron chi connectivity index (χ0n) is 24.0. The molecule has 5 rings (SSSR count). The van der Waals surface area contributed by atoms with Crippen LogP contribution in [0.5, 0.6) is 5.75 Å². The van der Waals surface area contributed by atoms with E-state index in [9.17, 15) is 14.9 Å². The quantitative estimate of drug-likeness (QED) is 0.137. The van der Waals surface area contributed by atoms with Gasteiger partial charge in [0.15, 0.2) is 5.75 Å². The molecule has 4 fully saturated rings. The Hall–Kier alpha value is -2.44. The van der Waals surface area contributed by atoms with Crippen molar-refractivity contribution in [1.29, 1.82) is 0 Å². The lowest BCUT2D eigenvalue weighted by Crippen LogP contribution is -2.54. The monoisotopic (exact) mass is 538 g/mol. The molecule has 0 N–H and O–H groups in total. The highest BCUT2D eigenvalue weighted by Crippen LogP contribution is 2.66. The molecule has 0 aromatic heterocycles. The number of unbranched alkanes of at least 4 members (excludes halogenated alkanes) is 3. The van der Waals surface area contributed by atoms with E-state index in [2.05, 4.69) is 25.9 Å². The fourth-order valence-electron chi connectivity index (χ4n) is 8.95. The molecule has 0 bridgehead atoms. The van der Waals surface area contributed by atoms with Gasteiger partial charge in [0.1, 0.15) is 6.10 Å². The Balaban J connectivity index is 1.19. The number of benzene rings is 1. The van der Waals surface area contributed by atoms with Crippen molar-refractivity contribution in [2.24, 2.45) is 39.7 Å². The van der Waals surface area contributed by atoms with Crippen LogP contribution in [-0.4, -0.2) is 22.7 Å². The Kier molecular flexibility index (Phi) is 8.34. The zero-order chi connectivity index (χ0) is 27.6. The molecule has 0 spiro atoms. The van der Waals surface area contributed by atoms with Gasteiger partial charge >= 0.3 is 5.97 Å². The van der Waals surface area contributed by atoms with Gasteiger partial charge in [-0.1, -0.05) is 45.2 Å². The molecule has 214 valence electrons. The summed E-state index contributed by atoms with van der Waals surface area (Å²) in [6.45, 7) is 7.15. The molecule has 4 saturated carbocycles. The van der Waals surface area contributed by atoms with Crippen LogP contribution in [0.2, 0.25) is 0 Å². The Morgan fingerprint density at radius 3 is 2.51 bits per heavy atom. The van der Waals surface area contributed by atoms with Gasteiger partial charge in [0.2, 0.25) is 0 Å². The van der Waals surface area contributed by atoms with Crippen molar-refractivity contribution >= 4 is 17.4 Å². The molecule has 0 aliphatic heterocycles. The van der Waals surface area contributed by atoms with Crippen LogP contribution in [0.1, 0.15) is 111 Å². The van der Waals surface area contributed by atoms with Crippen LogP contribution in [0, 0.1) is 44.6 Å². The SMILES string of the molecule is CCCCCCC(=O)O[C@H]1CC[C@H]2[C@@H]3CC[C@H]4C/C(=N/Oc5ccc([N+](=O)[O-])cc5)CC[C@]4(C)[C@H]3CC[C@]12C. The maximum absolute atomic E-state index is 12.6. The number of nitro benzene ring substituents is 1. The average molecular weight is 539 g/mol. The first-order chi connectivity index (χ1) is 18.7. The third-order valence-electron chi connectivity index (χ3n) is 11.2. The number of carbonyl (C=O) groups is 1. The second kappa shape index (κ2) is 11.6. The fraction of sp³-hybridized carbons (Fsp3) is 0.750. The summed E-state index contributed by atoms with van der Waals surface area (Å²) in [5.41, 5.74) is 1.62. The summed E-state index contributed by atoms with van der Waals surface area (Å²) < 4.78 is 6.17. The minimum Gasteiger partial charge on any atom is -0.462 e. The Morgan fingerprint density at radius 1 is 1.00 bits per heavy atom. The number of rotatable bonds is 9. The van der Waals surface area contributed by atoms with Gasteiger partial charge in [-0.05, 0) is 105 Å². The molecule has 1 aromatic carbocycles. The van der Waals surface area contributed by atoms with Gasteiger partial charge in [-0.15, -0.1) is 0 Å². The minimum atomic E-state index is -0.407. The van der Waals surface area contributed by atoms with Gasteiger partial charge in [-0.25, -0.2) is 0 Å². The van der Waals surface area contributed by atoms with Crippen molar-refractivity contribution in [3.05, 3.63) is 34.4 Å². The number of hydrogen-bond donors (Lipinski definition) is 0. The van der Waals surface area contributed by atoms with Gasteiger partial charge < -0.3 is 9.57 Å².